The molecule has 0 aliphatic rings. The molecule has 186 valence electrons. The molecule has 0 aliphatic heterocycles. The van der Waals surface area contributed by atoms with Gasteiger partial charge in [-0.05, 0) is 36.0 Å². The second-order valence-corrected chi connectivity index (χ2v) is 8.60. The molecule has 1 aromatic carbocycles. The van der Waals surface area contributed by atoms with E-state index in [1.807, 2.05) is 27.7 Å². The molecule has 0 saturated carbocycles. The Labute approximate surface area is 199 Å². The molecular weight excluding hydrogens is 420 g/mol. The molecule has 33 heavy (non-hydrogen) atoms. The van der Waals surface area contributed by atoms with Gasteiger partial charge in [0.15, 0.2) is 0 Å². The fourth-order valence-corrected chi connectivity index (χ4v) is 3.41. The minimum atomic E-state index is -0.633. The largest absolute Gasteiger partial charge is 0.462 e. The lowest BCUT2D eigenvalue weighted by molar-refractivity contribution is 0.0384. The molecule has 0 saturated heterocycles. The number of ether oxygens (including phenoxy) is 3. The summed E-state index contributed by atoms with van der Waals surface area (Å²) in [6.07, 6.45) is 5.40. The van der Waals surface area contributed by atoms with Gasteiger partial charge in [0.2, 0.25) is 0 Å². The highest BCUT2D eigenvalue weighted by Crippen LogP contribution is 2.19. The quantitative estimate of drug-likeness (QED) is 0.220. The van der Waals surface area contributed by atoms with Gasteiger partial charge in [0.25, 0.3) is 0 Å². The molecule has 0 radical (unpaired) electrons. The van der Waals surface area contributed by atoms with Crippen LogP contribution in [0.25, 0.3) is 0 Å². The van der Waals surface area contributed by atoms with Crippen molar-refractivity contribution in [3.63, 3.8) is 0 Å². The third kappa shape index (κ3) is 9.18. The van der Waals surface area contributed by atoms with Gasteiger partial charge >= 0.3 is 17.9 Å². The maximum atomic E-state index is 12.9. The van der Waals surface area contributed by atoms with Crippen LogP contribution >= 0.6 is 0 Å². The first kappa shape index (κ1) is 28.7. The first-order valence-electron chi connectivity index (χ1n) is 12.5. The molecule has 0 atom stereocenters. The van der Waals surface area contributed by atoms with Gasteiger partial charge in [-0.25, -0.2) is 14.4 Å². The molecule has 0 unspecified atom stereocenters. The minimum Gasteiger partial charge on any atom is -0.462 e. The molecule has 0 aromatic heterocycles. The van der Waals surface area contributed by atoms with Gasteiger partial charge in [0.05, 0.1) is 36.5 Å². The standard InChI is InChI=1S/C27H42O6/c1-7-19(8-2)16-31-25(28)22-13-14-23(26(29)32-17-20(9-3)10-4)24(15-22)27(30)33-18-21(11-5)12-6/h13-15,19-21H,7-12,16-18H2,1-6H3. The summed E-state index contributed by atoms with van der Waals surface area (Å²) in [5, 5.41) is 0. The number of carbonyl (C=O) groups excluding carboxylic acids is 3. The van der Waals surface area contributed by atoms with E-state index in [0.717, 1.165) is 38.5 Å². The number of carbonyl (C=O) groups is 3. The topological polar surface area (TPSA) is 78.9 Å². The van der Waals surface area contributed by atoms with Gasteiger partial charge in [-0.1, -0.05) is 80.1 Å². The summed E-state index contributed by atoms with van der Waals surface area (Å²) < 4.78 is 16.4. The zero-order chi connectivity index (χ0) is 24.8. The fourth-order valence-electron chi connectivity index (χ4n) is 3.41. The van der Waals surface area contributed by atoms with E-state index in [1.54, 1.807) is 0 Å². The summed E-state index contributed by atoms with van der Waals surface area (Å²) in [5.41, 5.74) is 0.353. The third-order valence-corrected chi connectivity index (χ3v) is 6.51. The van der Waals surface area contributed by atoms with E-state index in [-0.39, 0.29) is 47.7 Å². The lowest BCUT2D eigenvalue weighted by atomic mass is 10.0. The number of hydrogen-bond donors (Lipinski definition) is 0. The summed E-state index contributed by atoms with van der Waals surface area (Å²) in [4.78, 5) is 38.3. The van der Waals surface area contributed by atoms with Crippen molar-refractivity contribution in [1.82, 2.24) is 0 Å². The van der Waals surface area contributed by atoms with Crippen LogP contribution < -0.4 is 0 Å². The predicted molar refractivity (Wildman–Crippen MR) is 130 cm³/mol. The zero-order valence-corrected chi connectivity index (χ0v) is 21.3. The average Bonchev–Trinajstić information content (AvgIpc) is 2.85. The Bertz CT molecular complexity index is 745. The van der Waals surface area contributed by atoms with Gasteiger partial charge < -0.3 is 14.2 Å². The van der Waals surface area contributed by atoms with Crippen molar-refractivity contribution >= 4 is 17.9 Å². The Balaban J connectivity index is 3.12. The molecule has 6 nitrogen and oxygen atoms in total. The Morgan fingerprint density at radius 2 is 0.939 bits per heavy atom. The van der Waals surface area contributed by atoms with E-state index in [2.05, 4.69) is 13.8 Å². The predicted octanol–water partition coefficient (Wildman–Crippen LogP) is 6.47. The van der Waals surface area contributed by atoms with Gasteiger partial charge in [-0.2, -0.15) is 0 Å². The molecule has 0 heterocycles. The lowest BCUT2D eigenvalue weighted by Gasteiger charge is -2.16. The minimum absolute atomic E-state index is 0.0347. The van der Waals surface area contributed by atoms with E-state index in [1.165, 1.54) is 18.2 Å². The molecule has 0 bridgehead atoms. The van der Waals surface area contributed by atoms with Crippen LogP contribution in [0.5, 0.6) is 0 Å². The van der Waals surface area contributed by atoms with Crippen molar-refractivity contribution < 1.29 is 28.6 Å². The number of rotatable bonds is 15. The van der Waals surface area contributed by atoms with Crippen LogP contribution in [-0.2, 0) is 14.2 Å². The van der Waals surface area contributed by atoms with E-state index in [4.69, 9.17) is 14.2 Å². The van der Waals surface area contributed by atoms with Crippen molar-refractivity contribution in [3.8, 4) is 0 Å². The van der Waals surface area contributed by atoms with E-state index in [0.29, 0.717) is 6.61 Å². The molecule has 0 N–H and O–H groups in total. The Hall–Kier alpha value is -2.37. The van der Waals surface area contributed by atoms with Crippen LogP contribution in [0.4, 0.5) is 0 Å². The third-order valence-electron chi connectivity index (χ3n) is 6.51. The van der Waals surface area contributed by atoms with Crippen LogP contribution in [0.3, 0.4) is 0 Å². The lowest BCUT2D eigenvalue weighted by Crippen LogP contribution is -2.20. The summed E-state index contributed by atoms with van der Waals surface area (Å²) in [6.45, 7) is 13.1. The monoisotopic (exact) mass is 462 g/mol. The number of hydrogen-bond acceptors (Lipinski definition) is 6. The van der Waals surface area contributed by atoms with E-state index in [9.17, 15) is 14.4 Å². The second-order valence-electron chi connectivity index (χ2n) is 8.60. The van der Waals surface area contributed by atoms with Crippen molar-refractivity contribution in [3.05, 3.63) is 34.9 Å². The first-order chi connectivity index (χ1) is 15.8. The van der Waals surface area contributed by atoms with Crippen LogP contribution in [0.1, 0.15) is 111 Å². The van der Waals surface area contributed by atoms with Crippen LogP contribution in [0, 0.1) is 17.8 Å². The molecule has 1 aromatic rings. The highest BCUT2D eigenvalue weighted by Gasteiger charge is 2.24. The highest BCUT2D eigenvalue weighted by atomic mass is 16.5. The van der Waals surface area contributed by atoms with Crippen molar-refractivity contribution in [2.45, 2.75) is 80.1 Å². The summed E-state index contributed by atoms with van der Waals surface area (Å²) in [7, 11) is 0. The molecule has 0 amide bonds. The van der Waals surface area contributed by atoms with E-state index < -0.39 is 17.9 Å². The average molecular weight is 463 g/mol. The van der Waals surface area contributed by atoms with Gasteiger partial charge in [-0.15, -0.1) is 0 Å². The maximum Gasteiger partial charge on any atom is 0.339 e. The molecule has 0 spiro atoms. The summed E-state index contributed by atoms with van der Waals surface area (Å²) >= 11 is 0. The smallest absolute Gasteiger partial charge is 0.339 e. The van der Waals surface area contributed by atoms with Crippen LogP contribution in [0.2, 0.25) is 0 Å². The zero-order valence-electron chi connectivity index (χ0n) is 21.3. The van der Waals surface area contributed by atoms with Gasteiger partial charge in [-0.3, -0.25) is 0 Å². The normalized spacial score (nSPS) is 11.2. The molecular formula is C27H42O6. The Kier molecular flexibility index (Phi) is 13.4. The summed E-state index contributed by atoms with van der Waals surface area (Å²) in [6, 6.07) is 4.34. The highest BCUT2D eigenvalue weighted by molar-refractivity contribution is 6.05. The number of esters is 3. The van der Waals surface area contributed by atoms with E-state index >= 15 is 0 Å². The summed E-state index contributed by atoms with van der Waals surface area (Å²) in [5.74, 6) is -0.948. The first-order valence-corrected chi connectivity index (χ1v) is 12.5. The molecule has 6 heteroatoms. The van der Waals surface area contributed by atoms with Gasteiger partial charge in [0.1, 0.15) is 0 Å². The SMILES string of the molecule is CCC(CC)COC(=O)c1ccc(C(=O)OCC(CC)CC)c(C(=O)OCC(CC)CC)c1. The molecule has 1 rings (SSSR count). The Morgan fingerprint density at radius 1 is 0.576 bits per heavy atom. The Morgan fingerprint density at radius 3 is 1.33 bits per heavy atom. The maximum absolute atomic E-state index is 12.9. The number of benzene rings is 1. The van der Waals surface area contributed by atoms with Crippen molar-refractivity contribution in [2.75, 3.05) is 19.8 Å². The molecule has 0 aliphatic carbocycles. The van der Waals surface area contributed by atoms with Crippen LogP contribution in [-0.4, -0.2) is 37.7 Å². The van der Waals surface area contributed by atoms with Gasteiger partial charge in [0, 0.05) is 0 Å². The molecule has 0 fully saturated rings. The van der Waals surface area contributed by atoms with Crippen molar-refractivity contribution in [2.24, 2.45) is 17.8 Å². The van der Waals surface area contributed by atoms with Crippen LogP contribution in [0.15, 0.2) is 18.2 Å². The second kappa shape index (κ2) is 15.5. The van der Waals surface area contributed by atoms with Crippen molar-refractivity contribution in [1.29, 1.82) is 0 Å². The fraction of sp³-hybridized carbons (Fsp3) is 0.667.